The minimum absolute atomic E-state index is 0.00537. The van der Waals surface area contributed by atoms with E-state index in [0.717, 1.165) is 21.3 Å². The van der Waals surface area contributed by atoms with Crippen LogP contribution in [0.15, 0.2) is 70.4 Å². The summed E-state index contributed by atoms with van der Waals surface area (Å²) in [5.41, 5.74) is -0.639. The van der Waals surface area contributed by atoms with Crippen LogP contribution < -0.4 is 16.6 Å². The van der Waals surface area contributed by atoms with Crippen LogP contribution in [0.3, 0.4) is 0 Å². The second-order valence-corrected chi connectivity index (χ2v) is 7.97. The SMILES string of the molecule is CNCCn1c(=O)c(-c2ccnn2-c2ccc(C#N)cc2)c(C)n(-c2cccc(C(F)(F)F)c2)c1=O. The van der Waals surface area contributed by atoms with E-state index in [4.69, 9.17) is 5.26 Å². The maximum atomic E-state index is 13.6. The molecular weight excluding hydrogens is 473 g/mol. The topological polar surface area (TPSA) is 97.6 Å². The summed E-state index contributed by atoms with van der Waals surface area (Å²) in [5, 5.41) is 16.3. The Hall–Kier alpha value is -4.43. The summed E-state index contributed by atoms with van der Waals surface area (Å²) >= 11 is 0. The van der Waals surface area contributed by atoms with E-state index >= 15 is 0 Å². The molecule has 0 atom stereocenters. The van der Waals surface area contributed by atoms with Crippen molar-refractivity contribution < 1.29 is 13.2 Å². The molecule has 2 aromatic heterocycles. The van der Waals surface area contributed by atoms with Gasteiger partial charge in [-0.3, -0.25) is 13.9 Å². The molecule has 8 nitrogen and oxygen atoms in total. The first kappa shape index (κ1) is 24.7. The van der Waals surface area contributed by atoms with Gasteiger partial charge in [0.1, 0.15) is 0 Å². The van der Waals surface area contributed by atoms with E-state index < -0.39 is 23.0 Å². The average Bonchev–Trinajstić information content (AvgIpc) is 3.33. The second-order valence-electron chi connectivity index (χ2n) is 7.97. The van der Waals surface area contributed by atoms with Crippen molar-refractivity contribution in [3.8, 4) is 28.7 Å². The molecule has 1 N–H and O–H groups in total. The van der Waals surface area contributed by atoms with Crippen LogP contribution >= 0.6 is 0 Å². The Kier molecular flexibility index (Phi) is 6.63. The van der Waals surface area contributed by atoms with Gasteiger partial charge in [-0.15, -0.1) is 0 Å². The highest BCUT2D eigenvalue weighted by molar-refractivity contribution is 5.64. The minimum Gasteiger partial charge on any atom is -0.318 e. The summed E-state index contributed by atoms with van der Waals surface area (Å²) in [5.74, 6) is 0. The van der Waals surface area contributed by atoms with Gasteiger partial charge in [-0.25, -0.2) is 9.48 Å². The Morgan fingerprint density at radius 2 is 1.78 bits per heavy atom. The molecule has 4 aromatic rings. The minimum atomic E-state index is -4.61. The first-order valence-electron chi connectivity index (χ1n) is 10.9. The number of rotatable bonds is 6. The molecular formula is C25H21F3N6O2. The maximum Gasteiger partial charge on any atom is 0.416 e. The molecule has 184 valence electrons. The van der Waals surface area contributed by atoms with Crippen LogP contribution in [0.4, 0.5) is 13.2 Å². The van der Waals surface area contributed by atoms with E-state index in [1.54, 1.807) is 37.4 Å². The molecule has 36 heavy (non-hydrogen) atoms. The second kappa shape index (κ2) is 9.67. The van der Waals surface area contributed by atoms with E-state index in [9.17, 15) is 22.8 Å². The Morgan fingerprint density at radius 3 is 2.42 bits per heavy atom. The van der Waals surface area contributed by atoms with E-state index in [1.807, 2.05) is 6.07 Å². The number of aromatic nitrogens is 4. The number of nitrogens with one attached hydrogen (secondary N) is 1. The summed E-state index contributed by atoms with van der Waals surface area (Å²) in [6, 6.07) is 14.5. The van der Waals surface area contributed by atoms with Gasteiger partial charge >= 0.3 is 11.9 Å². The van der Waals surface area contributed by atoms with Crippen LogP contribution in [0.1, 0.15) is 16.8 Å². The van der Waals surface area contributed by atoms with E-state index in [-0.39, 0.29) is 30.0 Å². The molecule has 0 aliphatic heterocycles. The molecule has 0 aliphatic rings. The van der Waals surface area contributed by atoms with Crippen molar-refractivity contribution in [2.45, 2.75) is 19.6 Å². The van der Waals surface area contributed by atoms with Gasteiger partial charge < -0.3 is 5.32 Å². The van der Waals surface area contributed by atoms with Crippen molar-refractivity contribution in [1.29, 1.82) is 5.26 Å². The van der Waals surface area contributed by atoms with Gasteiger partial charge in [0, 0.05) is 18.8 Å². The van der Waals surface area contributed by atoms with Crippen molar-refractivity contribution in [2.24, 2.45) is 0 Å². The van der Waals surface area contributed by atoms with E-state index in [2.05, 4.69) is 10.4 Å². The first-order valence-corrected chi connectivity index (χ1v) is 10.9. The zero-order valence-electron chi connectivity index (χ0n) is 19.4. The number of hydrogen-bond donors (Lipinski definition) is 1. The lowest BCUT2D eigenvalue weighted by molar-refractivity contribution is -0.137. The average molecular weight is 494 g/mol. The molecule has 2 heterocycles. The summed E-state index contributed by atoms with van der Waals surface area (Å²) in [4.78, 5) is 27.0. The molecule has 0 radical (unpaired) electrons. The van der Waals surface area contributed by atoms with Gasteiger partial charge in [0.2, 0.25) is 0 Å². The zero-order chi connectivity index (χ0) is 26.0. The third kappa shape index (κ3) is 4.46. The zero-order valence-corrected chi connectivity index (χ0v) is 19.4. The van der Waals surface area contributed by atoms with Gasteiger partial charge in [0.05, 0.1) is 46.0 Å². The fourth-order valence-corrected chi connectivity index (χ4v) is 3.97. The number of nitriles is 1. The largest absolute Gasteiger partial charge is 0.416 e. The predicted molar refractivity (Wildman–Crippen MR) is 127 cm³/mol. The van der Waals surface area contributed by atoms with Crippen molar-refractivity contribution in [3.63, 3.8) is 0 Å². The Balaban J connectivity index is 2.01. The molecule has 0 saturated carbocycles. The van der Waals surface area contributed by atoms with Crippen LogP contribution in [0.5, 0.6) is 0 Å². The number of nitrogens with zero attached hydrogens (tertiary/aromatic N) is 5. The van der Waals surface area contributed by atoms with Crippen molar-refractivity contribution in [2.75, 3.05) is 13.6 Å². The highest BCUT2D eigenvalue weighted by Crippen LogP contribution is 2.31. The summed E-state index contributed by atoms with van der Waals surface area (Å²) in [6.07, 6.45) is -3.13. The lowest BCUT2D eigenvalue weighted by Gasteiger charge is -2.19. The van der Waals surface area contributed by atoms with Gasteiger partial charge in [0.15, 0.2) is 0 Å². The summed E-state index contributed by atoms with van der Waals surface area (Å²) in [7, 11) is 1.66. The lowest BCUT2D eigenvalue weighted by atomic mass is 10.1. The monoisotopic (exact) mass is 494 g/mol. The third-order valence-electron chi connectivity index (χ3n) is 5.74. The molecule has 0 saturated heterocycles. The smallest absolute Gasteiger partial charge is 0.318 e. The van der Waals surface area contributed by atoms with Crippen molar-refractivity contribution in [3.05, 3.63) is 98.5 Å². The molecule has 0 amide bonds. The molecule has 0 bridgehead atoms. The van der Waals surface area contributed by atoms with Crippen LogP contribution in [0, 0.1) is 18.3 Å². The Labute approximate surface area is 203 Å². The van der Waals surface area contributed by atoms with E-state index in [0.29, 0.717) is 16.9 Å². The number of hydrogen-bond acceptors (Lipinski definition) is 5. The van der Waals surface area contributed by atoms with Crippen LogP contribution in [-0.4, -0.2) is 32.5 Å². The van der Waals surface area contributed by atoms with E-state index in [1.165, 1.54) is 29.9 Å². The van der Waals surface area contributed by atoms with Gasteiger partial charge in [-0.2, -0.15) is 23.5 Å². The van der Waals surface area contributed by atoms with Crippen LogP contribution in [-0.2, 0) is 12.7 Å². The molecule has 0 spiro atoms. The van der Waals surface area contributed by atoms with Gasteiger partial charge in [0.25, 0.3) is 5.56 Å². The molecule has 4 rings (SSSR count). The fraction of sp³-hybridized carbons (Fsp3) is 0.200. The number of likely N-dealkylation sites (N-methyl/N-ethyl adjacent to an activating group) is 1. The maximum absolute atomic E-state index is 13.6. The molecule has 0 unspecified atom stereocenters. The van der Waals surface area contributed by atoms with Crippen LogP contribution in [0.2, 0.25) is 0 Å². The number of alkyl halides is 3. The van der Waals surface area contributed by atoms with Gasteiger partial charge in [-0.05, 0) is 62.5 Å². The first-order chi connectivity index (χ1) is 17.2. The normalized spacial score (nSPS) is 11.4. The third-order valence-corrected chi connectivity index (χ3v) is 5.74. The van der Waals surface area contributed by atoms with Crippen molar-refractivity contribution in [1.82, 2.24) is 24.2 Å². The predicted octanol–water partition coefficient (Wildman–Crippen LogP) is 3.27. The highest BCUT2D eigenvalue weighted by Gasteiger charge is 2.31. The molecule has 11 heteroatoms. The Morgan fingerprint density at radius 1 is 1.06 bits per heavy atom. The standard InChI is InChI=1S/C25H21F3N6O2/c1-16-22(21-10-11-31-34(21)19-8-6-17(15-29)7-9-19)23(35)32(13-12-30-2)24(36)33(16)20-5-3-4-18(14-20)25(26,27)28/h3-11,14,30H,12-13H2,1-2H3. The fourth-order valence-electron chi connectivity index (χ4n) is 3.97. The lowest BCUT2D eigenvalue weighted by Crippen LogP contribution is -2.43. The quantitative estimate of drug-likeness (QED) is 0.444. The molecule has 0 aliphatic carbocycles. The highest BCUT2D eigenvalue weighted by atomic mass is 19.4. The van der Waals surface area contributed by atoms with Gasteiger partial charge in [-0.1, -0.05) is 6.07 Å². The van der Waals surface area contributed by atoms with Crippen LogP contribution in [0.25, 0.3) is 22.6 Å². The summed E-state index contributed by atoms with van der Waals surface area (Å²) < 4.78 is 43.8. The summed E-state index contributed by atoms with van der Waals surface area (Å²) in [6.45, 7) is 1.80. The van der Waals surface area contributed by atoms with Crippen molar-refractivity contribution >= 4 is 0 Å². The molecule has 0 fully saturated rings. The Bertz CT molecular complexity index is 1570. The number of benzene rings is 2. The molecule has 2 aromatic carbocycles. The number of halogens is 3.